The molecule has 2 heterocycles. The molecule has 1 N–H and O–H groups in total. The normalized spacial score (nSPS) is 16.6. The molecule has 3 nitrogen and oxygen atoms in total. The van der Waals surface area contributed by atoms with Gasteiger partial charge in [0.05, 0.1) is 6.54 Å². The van der Waals surface area contributed by atoms with Crippen LogP contribution in [0.25, 0.3) is 11.0 Å². The summed E-state index contributed by atoms with van der Waals surface area (Å²) in [6, 6.07) is 11.0. The number of fused-ring (bicyclic) bond motifs is 1. The molecule has 0 spiro atoms. The second kappa shape index (κ2) is 4.51. The van der Waals surface area contributed by atoms with Gasteiger partial charge in [-0.3, -0.25) is 4.90 Å². The summed E-state index contributed by atoms with van der Waals surface area (Å²) in [6.45, 7) is 6.41. The number of furan rings is 1. The third-order valence-electron chi connectivity index (χ3n) is 3.52. The molecule has 1 fully saturated rings. The Hall–Kier alpha value is -1.32. The van der Waals surface area contributed by atoms with Crippen LogP contribution in [0.3, 0.4) is 0 Å². The standard InChI is InChI=1S/C14H18N2O/c1-2-16(12-8-15-9-12)10-13-7-11-5-3-4-6-14(11)17-13/h3-7,12,15H,2,8-10H2,1H3. The monoisotopic (exact) mass is 230 g/mol. The lowest BCUT2D eigenvalue weighted by Crippen LogP contribution is -2.56. The summed E-state index contributed by atoms with van der Waals surface area (Å²) in [5, 5.41) is 4.52. The molecule has 0 radical (unpaired) electrons. The van der Waals surface area contributed by atoms with Crippen molar-refractivity contribution in [3.05, 3.63) is 36.1 Å². The SMILES string of the molecule is CCN(Cc1cc2ccccc2o1)C1CNC1. The number of hydrogen-bond acceptors (Lipinski definition) is 3. The lowest BCUT2D eigenvalue weighted by Gasteiger charge is -2.37. The van der Waals surface area contributed by atoms with Crippen LogP contribution in [0.15, 0.2) is 34.7 Å². The highest BCUT2D eigenvalue weighted by Gasteiger charge is 2.24. The topological polar surface area (TPSA) is 28.4 Å². The molecule has 17 heavy (non-hydrogen) atoms. The Morgan fingerprint density at radius 1 is 1.35 bits per heavy atom. The van der Waals surface area contributed by atoms with Gasteiger partial charge < -0.3 is 9.73 Å². The minimum absolute atomic E-state index is 0.674. The van der Waals surface area contributed by atoms with E-state index in [9.17, 15) is 0 Å². The minimum Gasteiger partial charge on any atom is -0.460 e. The van der Waals surface area contributed by atoms with E-state index in [1.165, 1.54) is 5.39 Å². The zero-order valence-corrected chi connectivity index (χ0v) is 10.1. The molecule has 1 aliphatic heterocycles. The Kier molecular flexibility index (Phi) is 2.87. The predicted molar refractivity (Wildman–Crippen MR) is 69.0 cm³/mol. The average molecular weight is 230 g/mol. The van der Waals surface area contributed by atoms with Crippen LogP contribution in [0.2, 0.25) is 0 Å². The van der Waals surface area contributed by atoms with Crippen LogP contribution in [0.5, 0.6) is 0 Å². The van der Waals surface area contributed by atoms with E-state index in [0.717, 1.165) is 37.5 Å². The third-order valence-corrected chi connectivity index (χ3v) is 3.52. The van der Waals surface area contributed by atoms with E-state index < -0.39 is 0 Å². The molecule has 0 saturated carbocycles. The zero-order valence-electron chi connectivity index (χ0n) is 10.1. The smallest absolute Gasteiger partial charge is 0.134 e. The molecular weight excluding hydrogens is 212 g/mol. The van der Waals surface area contributed by atoms with Crippen LogP contribution in [0.1, 0.15) is 12.7 Å². The van der Waals surface area contributed by atoms with Gasteiger partial charge in [0.1, 0.15) is 11.3 Å². The van der Waals surface area contributed by atoms with Crippen LogP contribution in [-0.2, 0) is 6.54 Å². The summed E-state index contributed by atoms with van der Waals surface area (Å²) in [4.78, 5) is 2.47. The average Bonchev–Trinajstić information content (AvgIpc) is 2.67. The minimum atomic E-state index is 0.674. The number of rotatable bonds is 4. The molecule has 3 heteroatoms. The first kappa shape index (κ1) is 10.8. The molecule has 1 aromatic carbocycles. The summed E-state index contributed by atoms with van der Waals surface area (Å²) in [6.07, 6.45) is 0. The van der Waals surface area contributed by atoms with Crippen molar-refractivity contribution >= 4 is 11.0 Å². The van der Waals surface area contributed by atoms with Crippen molar-refractivity contribution < 1.29 is 4.42 Å². The molecule has 2 aromatic rings. The van der Waals surface area contributed by atoms with Crippen molar-refractivity contribution in [3.8, 4) is 0 Å². The fourth-order valence-electron chi connectivity index (χ4n) is 2.35. The number of nitrogens with one attached hydrogen (secondary N) is 1. The van der Waals surface area contributed by atoms with E-state index in [2.05, 4.69) is 35.3 Å². The molecule has 0 bridgehead atoms. The fraction of sp³-hybridized carbons (Fsp3) is 0.429. The first-order valence-electron chi connectivity index (χ1n) is 6.29. The van der Waals surface area contributed by atoms with Crippen molar-refractivity contribution in [2.24, 2.45) is 0 Å². The maximum Gasteiger partial charge on any atom is 0.134 e. The number of para-hydroxylation sites is 1. The third kappa shape index (κ3) is 2.08. The van der Waals surface area contributed by atoms with Gasteiger partial charge in [0.2, 0.25) is 0 Å². The van der Waals surface area contributed by atoms with Crippen LogP contribution in [0, 0.1) is 0 Å². The van der Waals surface area contributed by atoms with Gasteiger partial charge in [-0.15, -0.1) is 0 Å². The molecule has 0 aliphatic carbocycles. The largest absolute Gasteiger partial charge is 0.460 e. The number of likely N-dealkylation sites (N-methyl/N-ethyl adjacent to an activating group) is 1. The lowest BCUT2D eigenvalue weighted by atomic mass is 10.1. The first-order chi connectivity index (χ1) is 8.36. The predicted octanol–water partition coefficient (Wildman–Crippen LogP) is 2.23. The van der Waals surface area contributed by atoms with Crippen molar-refractivity contribution in [3.63, 3.8) is 0 Å². The van der Waals surface area contributed by atoms with Crippen LogP contribution >= 0.6 is 0 Å². The quantitative estimate of drug-likeness (QED) is 0.873. The highest BCUT2D eigenvalue weighted by atomic mass is 16.3. The Bertz CT molecular complexity index is 469. The Morgan fingerprint density at radius 2 is 2.18 bits per heavy atom. The number of hydrogen-bond donors (Lipinski definition) is 1. The van der Waals surface area contributed by atoms with Gasteiger partial charge in [0, 0.05) is 24.5 Å². The van der Waals surface area contributed by atoms with E-state index in [4.69, 9.17) is 4.42 Å². The maximum absolute atomic E-state index is 5.86. The number of benzene rings is 1. The van der Waals surface area contributed by atoms with Gasteiger partial charge in [-0.25, -0.2) is 0 Å². The molecule has 1 aliphatic rings. The molecule has 0 unspecified atom stereocenters. The zero-order chi connectivity index (χ0) is 11.7. The summed E-state index contributed by atoms with van der Waals surface area (Å²) >= 11 is 0. The van der Waals surface area contributed by atoms with Gasteiger partial charge in [0.15, 0.2) is 0 Å². The van der Waals surface area contributed by atoms with Crippen LogP contribution in [-0.4, -0.2) is 30.6 Å². The van der Waals surface area contributed by atoms with E-state index >= 15 is 0 Å². The molecular formula is C14H18N2O. The van der Waals surface area contributed by atoms with Gasteiger partial charge >= 0.3 is 0 Å². The van der Waals surface area contributed by atoms with Crippen LogP contribution < -0.4 is 5.32 Å². The van der Waals surface area contributed by atoms with Gasteiger partial charge in [-0.1, -0.05) is 25.1 Å². The van der Waals surface area contributed by atoms with E-state index in [1.54, 1.807) is 0 Å². The molecule has 3 rings (SSSR count). The Balaban J connectivity index is 1.78. The maximum atomic E-state index is 5.86. The Morgan fingerprint density at radius 3 is 2.82 bits per heavy atom. The van der Waals surface area contributed by atoms with E-state index in [1.807, 2.05) is 12.1 Å². The van der Waals surface area contributed by atoms with Crippen molar-refractivity contribution in [2.75, 3.05) is 19.6 Å². The molecule has 1 aromatic heterocycles. The second-order valence-electron chi connectivity index (χ2n) is 4.63. The molecule has 0 amide bonds. The fourth-order valence-corrected chi connectivity index (χ4v) is 2.35. The van der Waals surface area contributed by atoms with Gasteiger partial charge in [-0.2, -0.15) is 0 Å². The summed E-state index contributed by atoms with van der Waals surface area (Å²) in [5.74, 6) is 1.07. The van der Waals surface area contributed by atoms with Gasteiger partial charge in [0.25, 0.3) is 0 Å². The summed E-state index contributed by atoms with van der Waals surface area (Å²) < 4.78 is 5.86. The number of nitrogens with zero attached hydrogens (tertiary/aromatic N) is 1. The van der Waals surface area contributed by atoms with Crippen molar-refractivity contribution in [1.82, 2.24) is 10.2 Å². The molecule has 90 valence electrons. The summed E-state index contributed by atoms with van der Waals surface area (Å²) in [7, 11) is 0. The first-order valence-corrected chi connectivity index (χ1v) is 6.29. The van der Waals surface area contributed by atoms with Crippen molar-refractivity contribution in [2.45, 2.75) is 19.5 Å². The summed E-state index contributed by atoms with van der Waals surface area (Å²) in [5.41, 5.74) is 0.991. The van der Waals surface area contributed by atoms with Gasteiger partial charge in [-0.05, 0) is 18.7 Å². The lowest BCUT2D eigenvalue weighted by molar-refractivity contribution is 0.136. The van der Waals surface area contributed by atoms with Crippen LogP contribution in [0.4, 0.5) is 0 Å². The second-order valence-corrected chi connectivity index (χ2v) is 4.63. The molecule has 0 atom stereocenters. The Labute approximate surface area is 101 Å². The van der Waals surface area contributed by atoms with E-state index in [-0.39, 0.29) is 0 Å². The molecule has 1 saturated heterocycles. The van der Waals surface area contributed by atoms with Crippen molar-refractivity contribution in [1.29, 1.82) is 0 Å². The highest BCUT2D eigenvalue weighted by molar-refractivity contribution is 5.77. The highest BCUT2D eigenvalue weighted by Crippen LogP contribution is 2.21. The van der Waals surface area contributed by atoms with E-state index in [0.29, 0.717) is 6.04 Å².